The van der Waals surface area contributed by atoms with Crippen molar-refractivity contribution >= 4 is 5.78 Å². The first-order chi connectivity index (χ1) is 4.22. The molecular formula is C6H7NO. The van der Waals surface area contributed by atoms with E-state index < -0.39 is 0 Å². The van der Waals surface area contributed by atoms with Gasteiger partial charge in [-0.3, -0.25) is 4.79 Å². The molecule has 0 spiro atoms. The quantitative estimate of drug-likeness (QED) is 0.541. The molecule has 2 heteroatoms. The van der Waals surface area contributed by atoms with Crippen molar-refractivity contribution in [2.45, 2.75) is 6.92 Å². The number of hydrogen-bond donors (Lipinski definition) is 1. The monoisotopic (exact) mass is 110 g/mol. The fraction of sp³-hybridized carbons (Fsp3) is 0.167. The largest absolute Gasteiger partial charge is 0.367 e. The van der Waals surface area contributed by atoms with Crippen molar-refractivity contribution in [3.63, 3.8) is 0 Å². The molecule has 0 bridgehead atoms. The van der Waals surface area contributed by atoms with E-state index in [-0.39, 0.29) is 11.8 Å². The van der Waals surface area contributed by atoms with E-state index in [1.54, 1.807) is 0 Å². The number of H-pyrrole nitrogens is 1. The summed E-state index contributed by atoms with van der Waals surface area (Å²) in [6, 6.07) is 0.266. The molecule has 0 unspecified atom stereocenters. The zero-order valence-corrected chi connectivity index (χ0v) is 4.56. The Morgan fingerprint density at radius 1 is 2.00 bits per heavy atom. The van der Waals surface area contributed by atoms with Gasteiger partial charge in [-0.05, 0) is 13.0 Å². The Balaban J connectivity index is 3.08. The summed E-state index contributed by atoms with van der Waals surface area (Å²) in [6.45, 7) is 1.45. The van der Waals surface area contributed by atoms with Gasteiger partial charge in [0, 0.05) is 18.0 Å². The maximum Gasteiger partial charge on any atom is 0.161 e. The summed E-state index contributed by atoms with van der Waals surface area (Å²) in [4.78, 5) is 13.3. The average Bonchev–Trinajstić information content (AvgIpc) is 2.13. The molecule has 8 heavy (non-hydrogen) atoms. The number of Topliss-reactive ketones (excluding diaryl/α,β-unsaturated/α-hetero) is 1. The van der Waals surface area contributed by atoms with Gasteiger partial charge in [0.15, 0.2) is 5.78 Å². The van der Waals surface area contributed by atoms with Gasteiger partial charge in [-0.25, -0.2) is 0 Å². The minimum absolute atomic E-state index is 0.0683. The minimum Gasteiger partial charge on any atom is -0.367 e. The van der Waals surface area contributed by atoms with Crippen LogP contribution in [0.25, 0.3) is 0 Å². The Morgan fingerprint density at radius 2 is 2.75 bits per heavy atom. The lowest BCUT2D eigenvalue weighted by molar-refractivity contribution is 0.101. The number of aromatic amines is 1. The Hall–Kier alpha value is -1.05. The van der Waals surface area contributed by atoms with Crippen molar-refractivity contribution in [2.75, 3.05) is 0 Å². The average molecular weight is 110 g/mol. The van der Waals surface area contributed by atoms with Crippen LogP contribution in [0.1, 0.15) is 18.7 Å². The van der Waals surface area contributed by atoms with E-state index in [1.807, 2.05) is 0 Å². The van der Waals surface area contributed by atoms with E-state index >= 15 is 0 Å². The van der Waals surface area contributed by atoms with Crippen molar-refractivity contribution in [3.8, 4) is 0 Å². The van der Waals surface area contributed by atoms with Crippen molar-refractivity contribution < 1.29 is 6.17 Å². The van der Waals surface area contributed by atoms with Crippen LogP contribution < -0.4 is 0 Å². The molecule has 1 N–H and O–H groups in total. The minimum atomic E-state index is -0.0683. The van der Waals surface area contributed by atoms with Gasteiger partial charge in [0.1, 0.15) is 0 Å². The predicted octanol–water partition coefficient (Wildman–Crippen LogP) is 1.22. The number of ketones is 1. The fourth-order valence-electron chi connectivity index (χ4n) is 0.489. The van der Waals surface area contributed by atoms with E-state index in [4.69, 9.17) is 1.37 Å². The van der Waals surface area contributed by atoms with E-state index in [0.29, 0.717) is 5.56 Å². The molecule has 0 aliphatic rings. The molecule has 42 valence electrons. The smallest absolute Gasteiger partial charge is 0.161 e. The van der Waals surface area contributed by atoms with E-state index in [9.17, 15) is 4.79 Å². The lowest BCUT2D eigenvalue weighted by atomic mass is 10.2. The van der Waals surface area contributed by atoms with Crippen LogP contribution in [-0.2, 0) is 0 Å². The highest BCUT2D eigenvalue weighted by atomic mass is 16.1. The third-order valence-corrected chi connectivity index (χ3v) is 0.918. The Bertz CT molecular complexity index is 229. The zero-order valence-electron chi connectivity index (χ0n) is 5.56. The second-order valence-corrected chi connectivity index (χ2v) is 1.57. The van der Waals surface area contributed by atoms with E-state index in [1.165, 1.54) is 19.3 Å². The molecule has 0 fully saturated rings. The standard InChI is InChI=1S/C6H7NO/c1-5(8)6-2-3-7-4-6/h2-4,7H,1H3/i2D. The molecule has 1 aromatic rings. The Kier molecular flexibility index (Phi) is 0.886. The van der Waals surface area contributed by atoms with Crippen molar-refractivity contribution in [1.82, 2.24) is 4.98 Å². The second kappa shape index (κ2) is 1.82. The summed E-state index contributed by atoms with van der Waals surface area (Å²) in [5, 5.41) is 0. The predicted molar refractivity (Wildman–Crippen MR) is 30.8 cm³/mol. The molecular weight excluding hydrogens is 102 g/mol. The molecule has 0 saturated heterocycles. The number of nitrogens with one attached hydrogen (secondary N) is 1. The molecule has 0 atom stereocenters. The van der Waals surface area contributed by atoms with Gasteiger partial charge in [0.25, 0.3) is 0 Å². The van der Waals surface area contributed by atoms with Crippen LogP contribution in [0.5, 0.6) is 0 Å². The third-order valence-electron chi connectivity index (χ3n) is 0.918. The maximum atomic E-state index is 10.6. The number of carbonyl (C=O) groups is 1. The van der Waals surface area contributed by atoms with E-state index in [2.05, 4.69) is 4.98 Å². The second-order valence-electron chi connectivity index (χ2n) is 1.57. The zero-order chi connectivity index (χ0) is 6.85. The van der Waals surface area contributed by atoms with E-state index in [0.717, 1.165) is 0 Å². The highest BCUT2D eigenvalue weighted by molar-refractivity contribution is 5.93. The molecule has 1 heterocycles. The summed E-state index contributed by atoms with van der Waals surface area (Å²) >= 11 is 0. The summed E-state index contributed by atoms with van der Waals surface area (Å²) in [5.41, 5.74) is 0.454. The third kappa shape index (κ3) is 0.780. The molecule has 0 aliphatic carbocycles. The lowest BCUT2D eigenvalue weighted by Gasteiger charge is -1.79. The fourth-order valence-corrected chi connectivity index (χ4v) is 0.489. The van der Waals surface area contributed by atoms with Gasteiger partial charge in [-0.2, -0.15) is 0 Å². The molecule has 0 radical (unpaired) electrons. The first-order valence-corrected chi connectivity index (χ1v) is 2.36. The van der Waals surface area contributed by atoms with Gasteiger partial charge in [0.2, 0.25) is 0 Å². The van der Waals surface area contributed by atoms with Gasteiger partial charge in [-0.1, -0.05) is 0 Å². The highest BCUT2D eigenvalue weighted by Gasteiger charge is 1.94. The summed E-state index contributed by atoms with van der Waals surface area (Å²) in [6.07, 6.45) is 3.02. The maximum absolute atomic E-state index is 10.6. The van der Waals surface area contributed by atoms with Crippen LogP contribution in [0.15, 0.2) is 18.4 Å². The molecule has 2 nitrogen and oxygen atoms in total. The van der Waals surface area contributed by atoms with Crippen molar-refractivity contribution in [2.24, 2.45) is 0 Å². The molecule has 1 aromatic heterocycles. The van der Waals surface area contributed by atoms with Crippen LogP contribution in [0.3, 0.4) is 0 Å². The number of hydrogen-bond acceptors (Lipinski definition) is 1. The Labute approximate surface area is 48.9 Å². The van der Waals surface area contributed by atoms with Crippen LogP contribution in [0.2, 0.25) is 0 Å². The van der Waals surface area contributed by atoms with Gasteiger partial charge in [0.05, 0.1) is 1.37 Å². The Morgan fingerprint density at radius 3 is 3.00 bits per heavy atom. The first-order valence-electron chi connectivity index (χ1n) is 2.86. The van der Waals surface area contributed by atoms with Crippen molar-refractivity contribution in [1.29, 1.82) is 0 Å². The number of rotatable bonds is 1. The summed E-state index contributed by atoms with van der Waals surface area (Å²) < 4.78 is 7.13. The van der Waals surface area contributed by atoms with Crippen LogP contribution >= 0.6 is 0 Å². The lowest BCUT2D eigenvalue weighted by Crippen LogP contribution is -1.85. The number of aromatic nitrogens is 1. The SMILES string of the molecule is [2H]c1c[nH]cc1C(C)=O. The molecule has 1 rings (SSSR count). The summed E-state index contributed by atoms with van der Waals surface area (Å²) in [7, 11) is 0. The highest BCUT2D eigenvalue weighted by Crippen LogP contribution is 1.95. The molecule has 0 amide bonds. The number of carbonyl (C=O) groups excluding carboxylic acids is 1. The van der Waals surface area contributed by atoms with Gasteiger partial charge < -0.3 is 4.98 Å². The molecule has 0 aromatic carbocycles. The first kappa shape index (κ1) is 3.89. The normalized spacial score (nSPS) is 10.9. The van der Waals surface area contributed by atoms with Crippen LogP contribution in [-0.4, -0.2) is 10.8 Å². The van der Waals surface area contributed by atoms with Gasteiger partial charge in [-0.15, -0.1) is 0 Å². The van der Waals surface area contributed by atoms with Gasteiger partial charge >= 0.3 is 0 Å². The molecule has 0 aliphatic heterocycles. The molecule has 0 saturated carbocycles. The van der Waals surface area contributed by atoms with Crippen molar-refractivity contribution in [3.05, 3.63) is 24.0 Å². The van der Waals surface area contributed by atoms with Crippen LogP contribution in [0.4, 0.5) is 0 Å². The summed E-state index contributed by atoms with van der Waals surface area (Å²) in [5.74, 6) is -0.0683. The topological polar surface area (TPSA) is 32.9 Å². The van der Waals surface area contributed by atoms with Crippen LogP contribution in [0, 0.1) is 0 Å².